The summed E-state index contributed by atoms with van der Waals surface area (Å²) in [7, 11) is 0. The molecule has 0 radical (unpaired) electrons. The number of hydrogen-bond acceptors (Lipinski definition) is 2. The summed E-state index contributed by atoms with van der Waals surface area (Å²) < 4.78 is 13.9. The molecule has 0 spiro atoms. The molecule has 14 rings (SSSR count). The fourth-order valence-electron chi connectivity index (χ4n) is 13.1. The van der Waals surface area contributed by atoms with Crippen molar-refractivity contribution in [3.05, 3.63) is 294 Å². The number of pyridine rings is 1. The van der Waals surface area contributed by atoms with Crippen LogP contribution in [0.1, 0.15) is 101 Å². The number of benzene rings is 10. The van der Waals surface area contributed by atoms with Crippen LogP contribution in [0.25, 0.3) is 83.4 Å². The van der Waals surface area contributed by atoms with Crippen molar-refractivity contribution in [1.29, 1.82) is 0 Å². The lowest BCUT2D eigenvalue weighted by atomic mass is 9.67. The summed E-state index contributed by atoms with van der Waals surface area (Å²) in [6.07, 6.45) is 4.21. The van der Waals surface area contributed by atoms with Gasteiger partial charge in [0.2, 0.25) is 0 Å². The van der Waals surface area contributed by atoms with Gasteiger partial charge in [0.1, 0.15) is 28.7 Å². The fraction of sp³-hybridized carbons (Fsp3) is 0.165. The van der Waals surface area contributed by atoms with Crippen molar-refractivity contribution in [3.8, 4) is 62.1 Å². The second-order valence-electron chi connectivity index (χ2n) is 25.9. The van der Waals surface area contributed by atoms with E-state index in [1.165, 1.54) is 61.0 Å². The smallest absolute Gasteiger partial charge is 0.255 e. The average molecular weight is 1090 g/mol. The summed E-state index contributed by atoms with van der Waals surface area (Å²) in [6, 6.07) is 89.2. The first kappa shape index (κ1) is 52.5. The van der Waals surface area contributed by atoms with Gasteiger partial charge in [-0.1, -0.05) is 232 Å². The Morgan fingerprint density at radius 2 is 0.988 bits per heavy atom. The molecular weight excluding hydrogens is 1020 g/mol. The van der Waals surface area contributed by atoms with E-state index >= 15 is 0 Å². The Morgan fingerprint density at radius 3 is 1.70 bits per heavy atom. The Bertz CT molecular complexity index is 4620. The maximum Gasteiger partial charge on any atom is 0.255 e. The van der Waals surface area contributed by atoms with Gasteiger partial charge in [-0.3, -0.25) is 4.57 Å². The summed E-state index contributed by atoms with van der Waals surface area (Å²) in [5.41, 5.74) is 21.8. The lowest BCUT2D eigenvalue weighted by Crippen LogP contribution is -2.31. The van der Waals surface area contributed by atoms with E-state index in [-0.39, 0.29) is 16.2 Å². The van der Waals surface area contributed by atoms with Crippen LogP contribution in [0, 0.1) is 0 Å². The van der Waals surface area contributed by atoms with Gasteiger partial charge >= 0.3 is 0 Å². The van der Waals surface area contributed by atoms with E-state index < -0.39 is 5.41 Å². The first-order valence-corrected chi connectivity index (χ1v) is 29.5. The van der Waals surface area contributed by atoms with Gasteiger partial charge < -0.3 is 4.74 Å². The lowest BCUT2D eigenvalue weighted by molar-refractivity contribution is -0.566. The summed E-state index contributed by atoms with van der Waals surface area (Å²) in [4.78, 5) is 4.94. The highest BCUT2D eigenvalue weighted by Crippen LogP contribution is 2.57. The molecule has 3 aromatic heterocycles. The van der Waals surface area contributed by atoms with Crippen molar-refractivity contribution in [1.82, 2.24) is 14.1 Å². The highest BCUT2D eigenvalue weighted by molar-refractivity contribution is 6.09. The zero-order valence-electron chi connectivity index (χ0n) is 49.4. The number of para-hydroxylation sites is 4. The van der Waals surface area contributed by atoms with Gasteiger partial charge in [-0.15, -0.1) is 0 Å². The molecule has 0 aliphatic heterocycles. The van der Waals surface area contributed by atoms with Crippen molar-refractivity contribution >= 4 is 32.8 Å². The number of ether oxygens (including phenoxy) is 1. The van der Waals surface area contributed by atoms with E-state index in [9.17, 15) is 0 Å². The number of aromatic nitrogens is 4. The minimum absolute atomic E-state index is 0.0318. The topological polar surface area (TPSA) is 35.9 Å². The molecule has 5 heteroatoms. The van der Waals surface area contributed by atoms with Crippen molar-refractivity contribution in [3.63, 3.8) is 0 Å². The largest absolute Gasteiger partial charge is 0.457 e. The van der Waals surface area contributed by atoms with E-state index in [0.29, 0.717) is 0 Å². The molecule has 0 N–H and O–H groups in total. The monoisotopic (exact) mass is 1090 g/mol. The third-order valence-corrected chi connectivity index (χ3v) is 17.5. The number of rotatable bonds is 9. The van der Waals surface area contributed by atoms with Crippen LogP contribution < -0.4 is 9.30 Å². The van der Waals surface area contributed by atoms with Crippen LogP contribution in [0.4, 0.5) is 0 Å². The first-order valence-electron chi connectivity index (χ1n) is 29.5. The molecule has 0 atom stereocenters. The molecule has 0 bridgehead atoms. The van der Waals surface area contributed by atoms with Gasteiger partial charge in [-0.2, -0.15) is 9.13 Å². The van der Waals surface area contributed by atoms with Crippen molar-refractivity contribution in [2.75, 3.05) is 0 Å². The van der Waals surface area contributed by atoms with Crippen molar-refractivity contribution in [2.45, 2.75) is 84.0 Å². The molecule has 13 aromatic rings. The van der Waals surface area contributed by atoms with Crippen LogP contribution in [0.15, 0.2) is 255 Å². The van der Waals surface area contributed by atoms with Crippen LogP contribution in [-0.4, -0.2) is 14.1 Å². The predicted molar refractivity (Wildman–Crippen MR) is 348 cm³/mol. The van der Waals surface area contributed by atoms with Gasteiger partial charge in [-0.05, 0) is 138 Å². The van der Waals surface area contributed by atoms with Gasteiger partial charge in [0.15, 0.2) is 11.0 Å². The Morgan fingerprint density at radius 1 is 0.405 bits per heavy atom. The zero-order chi connectivity index (χ0) is 57.7. The lowest BCUT2D eigenvalue weighted by Gasteiger charge is -2.33. The van der Waals surface area contributed by atoms with Crippen LogP contribution in [0.2, 0.25) is 0 Å². The van der Waals surface area contributed by atoms with E-state index in [0.717, 1.165) is 72.8 Å². The molecule has 84 heavy (non-hydrogen) atoms. The number of nitrogens with zero attached hydrogens (tertiary/aromatic N) is 4. The van der Waals surface area contributed by atoms with Gasteiger partial charge in [0.05, 0.1) is 16.4 Å². The molecule has 5 nitrogen and oxygen atoms in total. The van der Waals surface area contributed by atoms with E-state index in [2.05, 4.69) is 325 Å². The summed E-state index contributed by atoms with van der Waals surface area (Å²) in [5, 5.41) is 2.32. The minimum Gasteiger partial charge on any atom is -0.457 e. The van der Waals surface area contributed by atoms with Crippen LogP contribution in [0.3, 0.4) is 0 Å². The molecule has 0 amide bonds. The molecule has 1 aliphatic carbocycles. The molecule has 0 saturated carbocycles. The van der Waals surface area contributed by atoms with Crippen LogP contribution >= 0.6 is 0 Å². The Hall–Kier alpha value is -9.58. The zero-order valence-corrected chi connectivity index (χ0v) is 49.4. The van der Waals surface area contributed by atoms with E-state index in [1.807, 2.05) is 6.20 Å². The Labute approximate surface area is 493 Å². The minimum atomic E-state index is -0.502. The summed E-state index contributed by atoms with van der Waals surface area (Å²) in [5.74, 6) is 2.37. The molecule has 0 unspecified atom stereocenters. The molecule has 0 saturated heterocycles. The maximum absolute atomic E-state index is 6.93. The number of imidazole rings is 1. The third kappa shape index (κ3) is 8.75. The third-order valence-electron chi connectivity index (χ3n) is 17.5. The van der Waals surface area contributed by atoms with Gasteiger partial charge in [-0.25, -0.2) is 4.98 Å². The van der Waals surface area contributed by atoms with Gasteiger partial charge in [0, 0.05) is 40.2 Å². The van der Waals surface area contributed by atoms with E-state index in [4.69, 9.17) is 9.72 Å². The molecule has 0 fully saturated rings. The van der Waals surface area contributed by atoms with Crippen molar-refractivity contribution in [2.24, 2.45) is 0 Å². The number of fused-ring (bicyclic) bond motifs is 7. The quantitative estimate of drug-likeness (QED) is 0.135. The highest BCUT2D eigenvalue weighted by Gasteiger charge is 2.46. The predicted octanol–water partition coefficient (Wildman–Crippen LogP) is 19.8. The second-order valence-corrected chi connectivity index (χ2v) is 25.9. The standard InChI is InChI=1S/C79H69N4O/c1-76(2,3)56-42-43-80-74(48-56)83-70-35-19-17-31-65(70)66-40-39-61(50-73(66)83)84-60-29-22-28-59(49-60)81-51-82(72-37-21-20-36-71(72)81)75-62(32-23-33-63(75)53-44-57(77(4,5)6)47-58(45-53)78(7,8)9)52-38-41-69-67(46-52)64-30-16-18-34-68(64)79(69,54-24-12-10-13-25-54)55-26-14-11-15-27-55/h10-51H,1-9H3/q+1. The number of hydrogen-bond donors (Lipinski definition) is 0. The summed E-state index contributed by atoms with van der Waals surface area (Å²) >= 11 is 0. The Balaban J connectivity index is 0.945. The molecular formula is C79H69N4O+. The Kier molecular flexibility index (Phi) is 12.4. The van der Waals surface area contributed by atoms with Gasteiger partial charge in [0.25, 0.3) is 6.33 Å². The average Bonchev–Trinajstić information content (AvgIpc) is 1.86. The normalized spacial score (nSPS) is 13.2. The maximum atomic E-state index is 6.93. The summed E-state index contributed by atoms with van der Waals surface area (Å²) in [6.45, 7) is 20.7. The van der Waals surface area contributed by atoms with Crippen LogP contribution in [0.5, 0.6) is 11.5 Å². The fourth-order valence-corrected chi connectivity index (χ4v) is 13.1. The van der Waals surface area contributed by atoms with E-state index in [1.54, 1.807) is 0 Å². The van der Waals surface area contributed by atoms with Crippen LogP contribution in [-0.2, 0) is 21.7 Å². The highest BCUT2D eigenvalue weighted by atomic mass is 16.5. The second kappa shape index (κ2) is 19.8. The van der Waals surface area contributed by atoms with Crippen molar-refractivity contribution < 1.29 is 9.30 Å². The first-order chi connectivity index (χ1) is 40.5. The molecule has 3 heterocycles. The molecule has 410 valence electrons. The molecule has 1 aliphatic rings. The SMILES string of the molecule is CC(C)(C)c1cc(-c2cccc(-c3ccc4c(c3)-c3ccccc3C4(c3ccccc3)c3ccccc3)c2-[n+]2cn(-c3cccc(Oc4ccc5c6ccccc6n(-c6cc(C(C)(C)C)ccn6)c5c4)c3)c3ccccc32)cc(C(C)(C)C)c1. The molecule has 10 aromatic carbocycles.